The van der Waals surface area contributed by atoms with E-state index in [0.717, 1.165) is 6.07 Å². The lowest BCUT2D eigenvalue weighted by molar-refractivity contribution is -0.141. The molecule has 4 nitrogen and oxygen atoms in total. The van der Waals surface area contributed by atoms with Gasteiger partial charge in [-0.2, -0.15) is 0 Å². The molecule has 0 aromatic heterocycles. The lowest BCUT2D eigenvalue weighted by atomic mass is 10.1. The molecule has 0 aliphatic carbocycles. The Labute approximate surface area is 119 Å². The first-order valence-electron chi connectivity index (χ1n) is 5.88. The maximum atomic E-state index is 13.2. The van der Waals surface area contributed by atoms with Gasteiger partial charge < -0.3 is 10.4 Å². The van der Waals surface area contributed by atoms with Crippen LogP contribution in [0.5, 0.6) is 0 Å². The molecule has 0 saturated heterocycles. The summed E-state index contributed by atoms with van der Waals surface area (Å²) in [7, 11) is 0. The topological polar surface area (TPSA) is 66.4 Å². The molecule has 1 unspecified atom stereocenters. The highest BCUT2D eigenvalue weighted by molar-refractivity contribution is 9.10. The number of rotatable bonds is 6. The van der Waals surface area contributed by atoms with E-state index < -0.39 is 17.7 Å². The van der Waals surface area contributed by atoms with Gasteiger partial charge >= 0.3 is 5.97 Å². The fourth-order valence-electron chi connectivity index (χ4n) is 1.47. The second-order valence-electron chi connectivity index (χ2n) is 4.27. The van der Waals surface area contributed by atoms with Crippen LogP contribution in [0, 0.1) is 11.7 Å². The predicted molar refractivity (Wildman–Crippen MR) is 72.5 cm³/mol. The number of carboxylic acid groups (broad SMARTS) is 1. The summed E-state index contributed by atoms with van der Waals surface area (Å²) < 4.78 is 13.5. The van der Waals surface area contributed by atoms with Crippen LogP contribution in [0.2, 0.25) is 0 Å². The first-order chi connectivity index (χ1) is 8.91. The van der Waals surface area contributed by atoms with E-state index in [4.69, 9.17) is 5.11 Å². The van der Waals surface area contributed by atoms with Crippen molar-refractivity contribution >= 4 is 27.8 Å². The number of amides is 1. The second-order valence-corrected chi connectivity index (χ2v) is 5.12. The molecule has 1 amide bonds. The van der Waals surface area contributed by atoms with Crippen molar-refractivity contribution < 1.29 is 19.1 Å². The van der Waals surface area contributed by atoms with Gasteiger partial charge in [0.2, 0.25) is 0 Å². The van der Waals surface area contributed by atoms with E-state index in [1.54, 1.807) is 6.92 Å². The van der Waals surface area contributed by atoms with Crippen LogP contribution in [-0.2, 0) is 4.79 Å². The minimum absolute atomic E-state index is 0.243. The third-order valence-corrected chi connectivity index (χ3v) is 3.35. The van der Waals surface area contributed by atoms with Crippen LogP contribution in [0.3, 0.4) is 0 Å². The van der Waals surface area contributed by atoms with Gasteiger partial charge in [0.15, 0.2) is 0 Å². The van der Waals surface area contributed by atoms with Gasteiger partial charge in [0.05, 0.1) is 10.4 Å². The molecule has 0 fully saturated rings. The summed E-state index contributed by atoms with van der Waals surface area (Å²) in [5.41, 5.74) is 0.243. The smallest absolute Gasteiger partial charge is 0.306 e. The van der Waals surface area contributed by atoms with Gasteiger partial charge in [-0.1, -0.05) is 6.92 Å². The third-order valence-electron chi connectivity index (χ3n) is 2.70. The van der Waals surface area contributed by atoms with Gasteiger partial charge in [-0.15, -0.1) is 0 Å². The number of halogens is 2. The Morgan fingerprint density at radius 2 is 2.16 bits per heavy atom. The fraction of sp³-hybridized carbons (Fsp3) is 0.385. The monoisotopic (exact) mass is 331 g/mol. The van der Waals surface area contributed by atoms with Crippen LogP contribution in [-0.4, -0.2) is 23.5 Å². The van der Waals surface area contributed by atoms with Crippen molar-refractivity contribution in [1.29, 1.82) is 0 Å². The summed E-state index contributed by atoms with van der Waals surface area (Å²) in [5.74, 6) is -2.13. The maximum Gasteiger partial charge on any atom is 0.306 e. The molecule has 1 atom stereocenters. The molecular weight excluding hydrogens is 317 g/mol. The molecule has 1 rings (SSSR count). The summed E-state index contributed by atoms with van der Waals surface area (Å²) in [6.45, 7) is 1.99. The van der Waals surface area contributed by atoms with E-state index in [1.807, 2.05) is 0 Å². The molecule has 19 heavy (non-hydrogen) atoms. The first-order valence-corrected chi connectivity index (χ1v) is 6.67. The van der Waals surface area contributed by atoms with E-state index in [1.165, 1.54) is 12.1 Å². The summed E-state index contributed by atoms with van der Waals surface area (Å²) in [6.07, 6.45) is 1.06. The quantitative estimate of drug-likeness (QED) is 0.787. The highest BCUT2D eigenvalue weighted by Gasteiger charge is 2.11. The molecule has 0 aliphatic heterocycles. The summed E-state index contributed by atoms with van der Waals surface area (Å²) in [5, 5.41) is 11.3. The Balaban J connectivity index is 2.39. The number of nitrogens with one attached hydrogen (secondary N) is 1. The van der Waals surface area contributed by atoms with Crippen LogP contribution < -0.4 is 5.32 Å². The van der Waals surface area contributed by atoms with Crippen molar-refractivity contribution in [2.45, 2.75) is 19.8 Å². The van der Waals surface area contributed by atoms with Gasteiger partial charge in [-0.05, 0) is 47.0 Å². The van der Waals surface area contributed by atoms with Crippen molar-refractivity contribution in [3.05, 3.63) is 34.1 Å². The lowest BCUT2D eigenvalue weighted by Crippen LogP contribution is -2.25. The summed E-state index contributed by atoms with van der Waals surface area (Å²) in [4.78, 5) is 22.3. The Morgan fingerprint density at radius 3 is 2.74 bits per heavy atom. The van der Waals surface area contributed by atoms with Gasteiger partial charge in [-0.25, -0.2) is 4.39 Å². The highest BCUT2D eigenvalue weighted by atomic mass is 79.9. The predicted octanol–water partition coefficient (Wildman–Crippen LogP) is 2.82. The van der Waals surface area contributed by atoms with Crippen LogP contribution in [0.1, 0.15) is 30.1 Å². The number of aliphatic carboxylic acids is 1. The van der Waals surface area contributed by atoms with Crippen LogP contribution in [0.25, 0.3) is 0 Å². The molecule has 0 radical (unpaired) electrons. The zero-order valence-corrected chi connectivity index (χ0v) is 12.0. The van der Waals surface area contributed by atoms with E-state index in [9.17, 15) is 14.0 Å². The van der Waals surface area contributed by atoms with Crippen LogP contribution in [0.15, 0.2) is 22.7 Å². The number of carboxylic acids is 1. The number of hydrogen-bond donors (Lipinski definition) is 2. The Kier molecular flexibility index (Phi) is 5.95. The van der Waals surface area contributed by atoms with Gasteiger partial charge in [0, 0.05) is 12.1 Å². The van der Waals surface area contributed by atoms with Gasteiger partial charge in [0.25, 0.3) is 5.91 Å². The van der Waals surface area contributed by atoms with Gasteiger partial charge in [0.1, 0.15) is 5.82 Å². The SMILES string of the molecule is CC(CCCNC(=O)c1ccc(Br)c(F)c1)C(=O)O. The average Bonchev–Trinajstić information content (AvgIpc) is 2.37. The summed E-state index contributed by atoms with van der Waals surface area (Å²) in [6, 6.07) is 4.14. The van der Waals surface area contributed by atoms with Crippen LogP contribution in [0.4, 0.5) is 4.39 Å². The number of hydrogen-bond acceptors (Lipinski definition) is 2. The maximum absolute atomic E-state index is 13.2. The fourth-order valence-corrected chi connectivity index (χ4v) is 1.72. The van der Waals surface area contributed by atoms with Crippen molar-refractivity contribution in [3.63, 3.8) is 0 Å². The molecule has 1 aromatic carbocycles. The molecule has 6 heteroatoms. The largest absolute Gasteiger partial charge is 0.481 e. The molecule has 0 heterocycles. The molecule has 0 saturated carbocycles. The van der Waals surface area contributed by atoms with Crippen molar-refractivity contribution in [1.82, 2.24) is 5.32 Å². The second kappa shape index (κ2) is 7.23. The Morgan fingerprint density at radius 1 is 1.47 bits per heavy atom. The summed E-state index contributed by atoms with van der Waals surface area (Å²) >= 11 is 3.01. The Bertz CT molecular complexity index is 479. The Hall–Kier alpha value is -1.43. The molecule has 0 bridgehead atoms. The third kappa shape index (κ3) is 4.98. The molecule has 1 aromatic rings. The zero-order valence-electron chi connectivity index (χ0n) is 10.5. The number of carbonyl (C=O) groups excluding carboxylic acids is 1. The minimum Gasteiger partial charge on any atom is -0.481 e. The van der Waals surface area contributed by atoms with Crippen molar-refractivity contribution in [3.8, 4) is 0 Å². The van der Waals surface area contributed by atoms with Crippen molar-refractivity contribution in [2.24, 2.45) is 5.92 Å². The lowest BCUT2D eigenvalue weighted by Gasteiger charge is -2.08. The molecule has 104 valence electrons. The van der Waals surface area contributed by atoms with E-state index >= 15 is 0 Å². The zero-order chi connectivity index (χ0) is 14.4. The number of benzene rings is 1. The number of carbonyl (C=O) groups is 2. The van der Waals surface area contributed by atoms with Gasteiger partial charge in [-0.3, -0.25) is 9.59 Å². The normalized spacial score (nSPS) is 11.9. The highest BCUT2D eigenvalue weighted by Crippen LogP contribution is 2.16. The molecule has 2 N–H and O–H groups in total. The van der Waals surface area contributed by atoms with E-state index in [2.05, 4.69) is 21.2 Å². The first kappa shape index (κ1) is 15.6. The van der Waals surface area contributed by atoms with E-state index in [0.29, 0.717) is 23.9 Å². The van der Waals surface area contributed by atoms with Crippen LogP contribution >= 0.6 is 15.9 Å². The standard InChI is InChI=1S/C13H15BrFNO3/c1-8(13(18)19)3-2-6-16-12(17)9-4-5-10(14)11(15)7-9/h4-5,7-8H,2-3,6H2,1H3,(H,16,17)(H,18,19). The average molecular weight is 332 g/mol. The van der Waals surface area contributed by atoms with E-state index in [-0.39, 0.29) is 11.5 Å². The molecule has 0 spiro atoms. The van der Waals surface area contributed by atoms with Crippen molar-refractivity contribution in [2.75, 3.05) is 6.54 Å². The molecule has 0 aliphatic rings. The minimum atomic E-state index is -0.846. The molecular formula is C13H15BrFNO3.